The maximum atomic E-state index is 13.9. The van der Waals surface area contributed by atoms with Gasteiger partial charge < -0.3 is 13.9 Å². The topological polar surface area (TPSA) is 72.4 Å². The fourth-order valence-electron chi connectivity index (χ4n) is 3.48. The van der Waals surface area contributed by atoms with Gasteiger partial charge in [0.25, 0.3) is 5.91 Å². The zero-order valence-corrected chi connectivity index (χ0v) is 15.0. The number of rotatable bonds is 5. The molecule has 27 heavy (non-hydrogen) atoms. The van der Waals surface area contributed by atoms with Crippen molar-refractivity contribution in [3.63, 3.8) is 0 Å². The van der Waals surface area contributed by atoms with Crippen molar-refractivity contribution < 1.29 is 18.2 Å². The van der Waals surface area contributed by atoms with E-state index < -0.39 is 5.82 Å². The summed E-state index contributed by atoms with van der Waals surface area (Å²) in [6.45, 7) is 2.68. The molecule has 0 aliphatic carbocycles. The molecule has 0 bridgehead atoms. The average molecular weight is 369 g/mol. The maximum Gasteiger partial charge on any atom is 0.293 e. The Hall–Kier alpha value is -2.96. The van der Waals surface area contributed by atoms with Crippen molar-refractivity contribution in [3.05, 3.63) is 59.4 Å². The molecule has 0 radical (unpaired) electrons. The summed E-state index contributed by atoms with van der Waals surface area (Å²) in [5, 5.41) is 8.01. The van der Waals surface area contributed by atoms with Crippen LogP contribution in [0.4, 0.5) is 4.39 Å². The van der Waals surface area contributed by atoms with Crippen LogP contribution < -0.4 is 0 Å². The molecule has 1 aliphatic rings. The number of carbonyl (C=O) groups is 1. The Balaban J connectivity index is 1.56. The van der Waals surface area contributed by atoms with E-state index in [-0.39, 0.29) is 17.7 Å². The van der Waals surface area contributed by atoms with Crippen LogP contribution in [0.25, 0.3) is 11.3 Å². The van der Waals surface area contributed by atoms with E-state index in [4.69, 9.17) is 9.05 Å². The van der Waals surface area contributed by atoms with Crippen LogP contribution in [0.2, 0.25) is 0 Å². The molecule has 0 spiro atoms. The minimum Gasteiger partial charge on any atom is -0.361 e. The fraction of sp³-hybridized carbons (Fsp3) is 0.350. The van der Waals surface area contributed by atoms with Crippen LogP contribution >= 0.6 is 0 Å². The highest BCUT2D eigenvalue weighted by Gasteiger charge is 2.34. The highest BCUT2D eigenvalue weighted by molar-refractivity contribution is 5.93. The van der Waals surface area contributed by atoms with Crippen molar-refractivity contribution in [2.75, 3.05) is 6.54 Å². The van der Waals surface area contributed by atoms with Crippen LogP contribution in [-0.4, -0.2) is 27.7 Å². The van der Waals surface area contributed by atoms with Crippen LogP contribution in [-0.2, 0) is 6.42 Å². The number of hydrogen-bond donors (Lipinski definition) is 0. The highest BCUT2D eigenvalue weighted by Crippen LogP contribution is 2.33. The van der Waals surface area contributed by atoms with Gasteiger partial charge in [-0.25, -0.2) is 4.39 Å². The zero-order valence-electron chi connectivity index (χ0n) is 15.0. The lowest BCUT2D eigenvalue weighted by molar-refractivity contribution is 0.0688. The quantitative estimate of drug-likeness (QED) is 0.667. The predicted molar refractivity (Wildman–Crippen MR) is 95.4 cm³/mol. The molecular weight excluding hydrogens is 349 g/mol. The molecule has 140 valence electrons. The molecule has 6 nitrogen and oxygen atoms in total. The number of amides is 1. The minimum atomic E-state index is -0.408. The SMILES string of the molecule is CCCc1cc([C@H]2CCCN2C(=O)c2cc(-c3ccccc3F)no2)no1. The van der Waals surface area contributed by atoms with E-state index in [1.807, 2.05) is 6.07 Å². The molecule has 1 fully saturated rings. The number of aryl methyl sites for hydroxylation is 1. The fourth-order valence-corrected chi connectivity index (χ4v) is 3.48. The van der Waals surface area contributed by atoms with Gasteiger partial charge >= 0.3 is 0 Å². The molecule has 0 saturated carbocycles. The first-order chi connectivity index (χ1) is 13.2. The summed E-state index contributed by atoms with van der Waals surface area (Å²) >= 11 is 0. The summed E-state index contributed by atoms with van der Waals surface area (Å²) in [5.74, 6) is 0.244. The van der Waals surface area contributed by atoms with Gasteiger partial charge in [-0.05, 0) is 31.4 Å². The Morgan fingerprint density at radius 3 is 2.93 bits per heavy atom. The third kappa shape index (κ3) is 3.37. The van der Waals surface area contributed by atoms with E-state index in [0.29, 0.717) is 17.8 Å². The number of carbonyl (C=O) groups excluding carboxylic acids is 1. The van der Waals surface area contributed by atoms with Gasteiger partial charge in [0.05, 0.1) is 6.04 Å². The molecule has 1 aromatic carbocycles. The number of benzene rings is 1. The molecule has 0 unspecified atom stereocenters. The highest BCUT2D eigenvalue weighted by atomic mass is 19.1. The predicted octanol–water partition coefficient (Wildman–Crippen LogP) is 4.40. The van der Waals surface area contributed by atoms with E-state index >= 15 is 0 Å². The van der Waals surface area contributed by atoms with Crippen molar-refractivity contribution in [2.45, 2.75) is 38.6 Å². The van der Waals surface area contributed by atoms with Gasteiger partial charge in [0.15, 0.2) is 0 Å². The lowest BCUT2D eigenvalue weighted by Crippen LogP contribution is -2.30. The molecule has 3 aromatic rings. The van der Waals surface area contributed by atoms with Gasteiger partial charge in [-0.1, -0.05) is 29.4 Å². The van der Waals surface area contributed by atoms with Crippen LogP contribution in [0.3, 0.4) is 0 Å². The molecule has 1 atom stereocenters. The van der Waals surface area contributed by atoms with Crippen molar-refractivity contribution in [3.8, 4) is 11.3 Å². The van der Waals surface area contributed by atoms with Crippen molar-refractivity contribution in [1.82, 2.24) is 15.2 Å². The van der Waals surface area contributed by atoms with Gasteiger partial charge in [0.1, 0.15) is 23.0 Å². The van der Waals surface area contributed by atoms with Crippen LogP contribution in [0, 0.1) is 5.82 Å². The molecule has 2 aromatic heterocycles. The Labute approximate surface area is 155 Å². The second-order valence-corrected chi connectivity index (χ2v) is 6.68. The normalized spacial score (nSPS) is 16.8. The van der Waals surface area contributed by atoms with Gasteiger partial charge in [-0.3, -0.25) is 4.79 Å². The summed E-state index contributed by atoms with van der Waals surface area (Å²) in [5.41, 5.74) is 1.37. The standard InChI is InChI=1S/C20H20FN3O3/c1-2-6-13-11-17(23-26-13)18-9-5-10-24(18)20(25)19-12-16(22-27-19)14-7-3-4-8-15(14)21/h3-4,7-8,11-12,18H,2,5-6,9-10H2,1H3/t18-/m1/s1. The first kappa shape index (κ1) is 17.5. The largest absolute Gasteiger partial charge is 0.361 e. The van der Waals surface area contributed by atoms with E-state index in [9.17, 15) is 9.18 Å². The number of halogens is 1. The van der Waals surface area contributed by atoms with E-state index in [1.165, 1.54) is 12.1 Å². The lowest BCUT2D eigenvalue weighted by atomic mass is 10.1. The Bertz CT molecular complexity index is 949. The number of hydrogen-bond acceptors (Lipinski definition) is 5. The molecule has 0 N–H and O–H groups in total. The molecule has 1 saturated heterocycles. The van der Waals surface area contributed by atoms with E-state index in [1.54, 1.807) is 23.1 Å². The Morgan fingerprint density at radius 2 is 2.11 bits per heavy atom. The second-order valence-electron chi connectivity index (χ2n) is 6.68. The molecular formula is C20H20FN3O3. The van der Waals surface area contributed by atoms with Crippen LogP contribution in [0.5, 0.6) is 0 Å². The summed E-state index contributed by atoms with van der Waals surface area (Å²) in [7, 11) is 0. The van der Waals surface area contributed by atoms with Crippen LogP contribution in [0.15, 0.2) is 45.4 Å². The Morgan fingerprint density at radius 1 is 1.26 bits per heavy atom. The van der Waals surface area contributed by atoms with Crippen molar-refractivity contribution >= 4 is 5.91 Å². The van der Waals surface area contributed by atoms with Gasteiger partial charge in [-0.2, -0.15) is 0 Å². The molecule has 3 heterocycles. The van der Waals surface area contributed by atoms with Crippen molar-refractivity contribution in [2.24, 2.45) is 0 Å². The molecule has 1 aliphatic heterocycles. The van der Waals surface area contributed by atoms with E-state index in [2.05, 4.69) is 17.2 Å². The number of likely N-dealkylation sites (tertiary alicyclic amines) is 1. The molecule has 7 heteroatoms. The van der Waals surface area contributed by atoms with Gasteiger partial charge in [0.2, 0.25) is 5.76 Å². The lowest BCUT2D eigenvalue weighted by Gasteiger charge is -2.21. The summed E-state index contributed by atoms with van der Waals surface area (Å²) in [6.07, 6.45) is 3.49. The first-order valence-corrected chi connectivity index (χ1v) is 9.15. The summed E-state index contributed by atoms with van der Waals surface area (Å²) < 4.78 is 24.5. The van der Waals surface area contributed by atoms with E-state index in [0.717, 1.165) is 37.1 Å². The third-order valence-electron chi connectivity index (χ3n) is 4.80. The molecule has 4 rings (SSSR count). The molecule has 1 amide bonds. The first-order valence-electron chi connectivity index (χ1n) is 9.15. The monoisotopic (exact) mass is 369 g/mol. The number of nitrogens with zero attached hydrogens (tertiary/aromatic N) is 3. The Kier molecular flexibility index (Phi) is 4.75. The smallest absolute Gasteiger partial charge is 0.293 e. The third-order valence-corrected chi connectivity index (χ3v) is 4.80. The number of aromatic nitrogens is 2. The van der Waals surface area contributed by atoms with Crippen LogP contribution in [0.1, 0.15) is 54.2 Å². The second kappa shape index (κ2) is 7.34. The maximum absolute atomic E-state index is 13.9. The summed E-state index contributed by atoms with van der Waals surface area (Å²) in [6, 6.07) is 9.53. The van der Waals surface area contributed by atoms with Crippen molar-refractivity contribution in [1.29, 1.82) is 0 Å². The van der Waals surface area contributed by atoms with Gasteiger partial charge in [-0.15, -0.1) is 0 Å². The average Bonchev–Trinajstić information content (AvgIpc) is 3.42. The van der Waals surface area contributed by atoms with Gasteiger partial charge in [0, 0.05) is 30.7 Å². The zero-order chi connectivity index (χ0) is 18.8. The minimum absolute atomic E-state index is 0.0948. The summed E-state index contributed by atoms with van der Waals surface area (Å²) in [4.78, 5) is 14.7.